The molecule has 0 heterocycles. The van der Waals surface area contributed by atoms with Crippen molar-refractivity contribution in [2.45, 2.75) is 0 Å². The third-order valence-corrected chi connectivity index (χ3v) is 3.02. The molecule has 2 aromatic carbocycles. The van der Waals surface area contributed by atoms with Crippen molar-refractivity contribution in [3.63, 3.8) is 0 Å². The maximum atomic E-state index is 12.0. The number of anilines is 1. The summed E-state index contributed by atoms with van der Waals surface area (Å²) in [6.45, 7) is 0. The fourth-order valence-corrected chi connectivity index (χ4v) is 1.95. The normalized spacial score (nSPS) is 9.52. The number of carbonyl (C=O) groups excluding carboxylic acids is 1. The minimum absolute atomic E-state index is 0.0587. The SMILES string of the molecule is N#Cc1cccc(NC(=S)NC(=O)c2ccc([N+](=O)[O-])cc2)c1. The summed E-state index contributed by atoms with van der Waals surface area (Å²) < 4.78 is 0. The van der Waals surface area contributed by atoms with Gasteiger partial charge in [-0.3, -0.25) is 20.2 Å². The van der Waals surface area contributed by atoms with E-state index in [0.29, 0.717) is 11.3 Å². The minimum atomic E-state index is -0.546. The van der Waals surface area contributed by atoms with Crippen LogP contribution in [-0.2, 0) is 0 Å². The van der Waals surface area contributed by atoms with Gasteiger partial charge in [0.2, 0.25) is 0 Å². The number of nitro groups is 1. The summed E-state index contributed by atoms with van der Waals surface area (Å²) in [6, 6.07) is 13.8. The van der Waals surface area contributed by atoms with E-state index in [9.17, 15) is 14.9 Å². The van der Waals surface area contributed by atoms with Crippen LogP contribution in [0.4, 0.5) is 11.4 Å². The van der Waals surface area contributed by atoms with Crippen LogP contribution < -0.4 is 10.6 Å². The summed E-state index contributed by atoms with van der Waals surface area (Å²) in [6.07, 6.45) is 0. The Morgan fingerprint density at radius 1 is 1.22 bits per heavy atom. The van der Waals surface area contributed by atoms with Crippen LogP contribution in [0.2, 0.25) is 0 Å². The van der Waals surface area contributed by atoms with Crippen molar-refractivity contribution in [2.24, 2.45) is 0 Å². The van der Waals surface area contributed by atoms with Gasteiger partial charge in [-0.2, -0.15) is 5.26 Å². The van der Waals surface area contributed by atoms with Gasteiger partial charge in [0.1, 0.15) is 0 Å². The number of non-ortho nitro benzene ring substituents is 1. The average Bonchev–Trinajstić information content (AvgIpc) is 2.54. The fraction of sp³-hybridized carbons (Fsp3) is 0. The van der Waals surface area contributed by atoms with Gasteiger partial charge < -0.3 is 5.32 Å². The summed E-state index contributed by atoms with van der Waals surface area (Å²) in [4.78, 5) is 22.0. The molecule has 23 heavy (non-hydrogen) atoms. The highest BCUT2D eigenvalue weighted by molar-refractivity contribution is 7.80. The number of rotatable bonds is 3. The van der Waals surface area contributed by atoms with Crippen molar-refractivity contribution >= 4 is 34.6 Å². The Hall–Kier alpha value is -3.31. The van der Waals surface area contributed by atoms with Gasteiger partial charge in [-0.1, -0.05) is 6.07 Å². The maximum Gasteiger partial charge on any atom is 0.269 e. The molecule has 0 atom stereocenters. The Kier molecular flexibility index (Phi) is 4.96. The Labute approximate surface area is 136 Å². The summed E-state index contributed by atoms with van der Waals surface area (Å²) in [5, 5.41) is 24.7. The highest BCUT2D eigenvalue weighted by Gasteiger charge is 2.11. The Morgan fingerprint density at radius 2 is 1.91 bits per heavy atom. The number of thiocarbonyl (C=S) groups is 1. The monoisotopic (exact) mass is 326 g/mol. The first-order valence-electron chi connectivity index (χ1n) is 6.36. The van der Waals surface area contributed by atoms with Gasteiger partial charge >= 0.3 is 0 Å². The highest BCUT2D eigenvalue weighted by atomic mass is 32.1. The number of benzene rings is 2. The lowest BCUT2D eigenvalue weighted by atomic mass is 10.2. The number of hydrogen-bond acceptors (Lipinski definition) is 5. The molecule has 0 spiro atoms. The number of amides is 1. The summed E-state index contributed by atoms with van der Waals surface area (Å²) in [5.41, 5.74) is 1.17. The van der Waals surface area contributed by atoms with E-state index in [1.54, 1.807) is 24.3 Å². The Balaban J connectivity index is 2.00. The van der Waals surface area contributed by atoms with Crippen molar-refractivity contribution in [1.29, 1.82) is 5.26 Å². The number of hydrogen-bond donors (Lipinski definition) is 2. The van der Waals surface area contributed by atoms with E-state index in [1.165, 1.54) is 24.3 Å². The largest absolute Gasteiger partial charge is 0.332 e. The summed E-state index contributed by atoms with van der Waals surface area (Å²) >= 11 is 5.02. The van der Waals surface area contributed by atoms with Gasteiger partial charge in [0.05, 0.1) is 16.6 Å². The van der Waals surface area contributed by atoms with E-state index >= 15 is 0 Å². The molecule has 0 aromatic heterocycles. The first-order valence-corrected chi connectivity index (χ1v) is 6.77. The fourth-order valence-electron chi connectivity index (χ4n) is 1.74. The smallest absolute Gasteiger partial charge is 0.269 e. The van der Waals surface area contributed by atoms with Crippen molar-refractivity contribution in [3.8, 4) is 6.07 Å². The van der Waals surface area contributed by atoms with E-state index < -0.39 is 10.8 Å². The molecule has 0 saturated heterocycles. The van der Waals surface area contributed by atoms with Crippen molar-refractivity contribution < 1.29 is 9.72 Å². The van der Waals surface area contributed by atoms with Crippen molar-refractivity contribution in [2.75, 3.05) is 5.32 Å². The van der Waals surface area contributed by atoms with Crippen LogP contribution in [0, 0.1) is 21.4 Å². The lowest BCUT2D eigenvalue weighted by Crippen LogP contribution is -2.34. The number of nitrogens with zero attached hydrogens (tertiary/aromatic N) is 2. The molecular formula is C15H10N4O3S. The molecule has 0 aliphatic carbocycles. The summed E-state index contributed by atoms with van der Waals surface area (Å²) in [5.74, 6) is -0.492. The zero-order chi connectivity index (χ0) is 16.8. The topological polar surface area (TPSA) is 108 Å². The van der Waals surface area contributed by atoms with Crippen LogP contribution in [-0.4, -0.2) is 15.9 Å². The predicted octanol–water partition coefficient (Wildman–Crippen LogP) is 2.59. The number of nitrogens with one attached hydrogen (secondary N) is 2. The van der Waals surface area contributed by atoms with Crippen LogP contribution in [0.1, 0.15) is 15.9 Å². The highest BCUT2D eigenvalue weighted by Crippen LogP contribution is 2.12. The van der Waals surface area contributed by atoms with Crippen LogP contribution in [0.15, 0.2) is 48.5 Å². The molecule has 2 N–H and O–H groups in total. The molecular weight excluding hydrogens is 316 g/mol. The van der Waals surface area contributed by atoms with Crippen molar-refractivity contribution in [1.82, 2.24) is 5.32 Å². The predicted molar refractivity (Wildman–Crippen MR) is 87.9 cm³/mol. The average molecular weight is 326 g/mol. The van der Waals surface area contributed by atoms with Gasteiger partial charge in [0.15, 0.2) is 5.11 Å². The molecule has 2 rings (SSSR count). The Bertz CT molecular complexity index is 812. The molecule has 2 aromatic rings. The molecule has 1 amide bonds. The van der Waals surface area contributed by atoms with Crippen LogP contribution >= 0.6 is 12.2 Å². The van der Waals surface area contributed by atoms with Crippen molar-refractivity contribution in [3.05, 3.63) is 69.8 Å². The molecule has 8 heteroatoms. The van der Waals surface area contributed by atoms with E-state index in [-0.39, 0.29) is 16.4 Å². The van der Waals surface area contributed by atoms with Gasteiger partial charge in [-0.15, -0.1) is 0 Å². The van der Waals surface area contributed by atoms with Crippen LogP contribution in [0.3, 0.4) is 0 Å². The van der Waals surface area contributed by atoms with E-state index in [1.807, 2.05) is 6.07 Å². The standard InChI is InChI=1S/C15H10N4O3S/c16-9-10-2-1-3-12(8-10)17-15(23)18-14(20)11-4-6-13(7-5-11)19(21)22/h1-8H,(H2,17,18,20,23). The lowest BCUT2D eigenvalue weighted by molar-refractivity contribution is -0.384. The zero-order valence-electron chi connectivity index (χ0n) is 11.6. The third kappa shape index (κ3) is 4.33. The second kappa shape index (κ2) is 7.11. The molecule has 0 aliphatic rings. The van der Waals surface area contributed by atoms with Crippen LogP contribution in [0.5, 0.6) is 0 Å². The molecule has 114 valence electrons. The molecule has 0 unspecified atom stereocenters. The number of nitriles is 1. The molecule has 7 nitrogen and oxygen atoms in total. The molecule has 0 radical (unpaired) electrons. The first-order chi connectivity index (χ1) is 11.0. The second-order valence-electron chi connectivity index (χ2n) is 4.40. The summed E-state index contributed by atoms with van der Waals surface area (Å²) in [7, 11) is 0. The first kappa shape index (κ1) is 16.1. The molecule has 0 bridgehead atoms. The van der Waals surface area contributed by atoms with E-state index in [2.05, 4.69) is 10.6 Å². The molecule has 0 fully saturated rings. The second-order valence-corrected chi connectivity index (χ2v) is 4.81. The van der Waals surface area contributed by atoms with Crippen LogP contribution in [0.25, 0.3) is 0 Å². The third-order valence-electron chi connectivity index (χ3n) is 2.82. The Morgan fingerprint density at radius 3 is 2.52 bits per heavy atom. The number of nitro benzene ring substituents is 1. The minimum Gasteiger partial charge on any atom is -0.332 e. The van der Waals surface area contributed by atoms with Gasteiger partial charge in [-0.25, -0.2) is 0 Å². The maximum absolute atomic E-state index is 12.0. The quantitative estimate of drug-likeness (QED) is 0.510. The van der Waals surface area contributed by atoms with Gasteiger partial charge in [0.25, 0.3) is 11.6 Å². The number of carbonyl (C=O) groups is 1. The zero-order valence-corrected chi connectivity index (χ0v) is 12.5. The lowest BCUT2D eigenvalue weighted by Gasteiger charge is -2.09. The van der Waals surface area contributed by atoms with Gasteiger partial charge in [0, 0.05) is 23.4 Å². The van der Waals surface area contributed by atoms with E-state index in [0.717, 1.165) is 0 Å². The van der Waals surface area contributed by atoms with Gasteiger partial charge in [-0.05, 0) is 42.5 Å². The molecule has 0 aliphatic heterocycles. The molecule has 0 saturated carbocycles. The van der Waals surface area contributed by atoms with E-state index in [4.69, 9.17) is 17.5 Å².